The van der Waals surface area contributed by atoms with Crippen molar-refractivity contribution in [1.29, 1.82) is 5.26 Å². The highest BCUT2D eigenvalue weighted by Gasteiger charge is 2.38. The van der Waals surface area contributed by atoms with Crippen LogP contribution in [0.5, 0.6) is 5.75 Å². The van der Waals surface area contributed by atoms with E-state index < -0.39 is 0 Å². The second-order valence-electron chi connectivity index (χ2n) is 16.6. The highest BCUT2D eigenvalue weighted by Crippen LogP contribution is 2.44. The molecule has 9 rings (SSSR count). The Morgan fingerprint density at radius 3 is 2.38 bits per heavy atom. The van der Waals surface area contributed by atoms with Crippen LogP contribution in [0, 0.1) is 22.7 Å². The minimum atomic E-state index is -0.359. The number of fused-ring (bicyclic) bond motifs is 2. The predicted octanol–water partition coefficient (Wildman–Crippen LogP) is 7.28. The maximum atomic E-state index is 13.0. The average molecular weight is 780 g/mol. The SMILES string of the molecule is COc1cc2nn(C3CCC(CN4CCC5(CC4)CCN(c4cccc6c(N7CCC(=O)NC7=O)cccc46)CC5)CC3)cc2cc1NC(=O)c1cncc(C#N)c1. The van der Waals surface area contributed by atoms with E-state index in [2.05, 4.69) is 60.6 Å². The number of rotatable bonds is 8. The summed E-state index contributed by atoms with van der Waals surface area (Å²) >= 11 is 0. The summed E-state index contributed by atoms with van der Waals surface area (Å²) in [7, 11) is 1.58. The van der Waals surface area contributed by atoms with Gasteiger partial charge in [-0.2, -0.15) is 10.4 Å². The molecule has 4 fully saturated rings. The molecule has 2 N–H and O–H groups in total. The highest BCUT2D eigenvalue weighted by atomic mass is 16.5. The Bertz CT molecular complexity index is 2410. The molecular weight excluding hydrogens is 731 g/mol. The van der Waals surface area contributed by atoms with Crippen molar-refractivity contribution in [3.8, 4) is 11.8 Å². The number of carbonyl (C=O) groups excluding carboxylic acids is 3. The Balaban J connectivity index is 0.768. The summed E-state index contributed by atoms with van der Waals surface area (Å²) in [5, 5.41) is 22.7. The highest BCUT2D eigenvalue weighted by molar-refractivity contribution is 6.11. The van der Waals surface area contributed by atoms with Crippen molar-refractivity contribution in [3.63, 3.8) is 0 Å². The van der Waals surface area contributed by atoms with Gasteiger partial charge in [-0.1, -0.05) is 24.3 Å². The normalized spacial score (nSPS) is 21.2. The van der Waals surface area contributed by atoms with Gasteiger partial charge in [0, 0.05) is 79.1 Å². The van der Waals surface area contributed by atoms with Crippen LogP contribution < -0.4 is 25.2 Å². The summed E-state index contributed by atoms with van der Waals surface area (Å²) in [4.78, 5) is 48.4. The Labute approximate surface area is 337 Å². The minimum Gasteiger partial charge on any atom is -0.494 e. The van der Waals surface area contributed by atoms with Crippen LogP contribution in [0.15, 0.2) is 73.2 Å². The Kier molecular flexibility index (Phi) is 10.2. The van der Waals surface area contributed by atoms with Crippen molar-refractivity contribution in [2.24, 2.45) is 11.3 Å². The zero-order valence-electron chi connectivity index (χ0n) is 33.0. The second kappa shape index (κ2) is 15.7. The van der Waals surface area contributed by atoms with Gasteiger partial charge in [-0.3, -0.25) is 29.5 Å². The van der Waals surface area contributed by atoms with Gasteiger partial charge in [-0.25, -0.2) is 4.79 Å². The summed E-state index contributed by atoms with van der Waals surface area (Å²) < 4.78 is 7.73. The molecule has 4 amide bonds. The average Bonchev–Trinajstić information content (AvgIpc) is 3.67. The van der Waals surface area contributed by atoms with Gasteiger partial charge >= 0.3 is 6.03 Å². The fourth-order valence-electron chi connectivity index (χ4n) is 9.82. The number of nitriles is 1. The summed E-state index contributed by atoms with van der Waals surface area (Å²) in [6, 6.07) is 19.9. The summed E-state index contributed by atoms with van der Waals surface area (Å²) in [6.45, 7) is 5.97. The third-order valence-electron chi connectivity index (χ3n) is 13.2. The van der Waals surface area contributed by atoms with E-state index >= 15 is 0 Å². The van der Waals surface area contributed by atoms with Crippen LogP contribution in [0.1, 0.15) is 79.8 Å². The molecule has 0 bridgehead atoms. The number of nitrogens with zero attached hydrogens (tertiary/aromatic N) is 7. The van der Waals surface area contributed by atoms with E-state index in [1.807, 2.05) is 30.3 Å². The number of likely N-dealkylation sites (tertiary alicyclic amines) is 1. The molecule has 1 saturated carbocycles. The molecule has 0 unspecified atom stereocenters. The molecule has 3 aromatic carbocycles. The number of hydrogen-bond acceptors (Lipinski definition) is 9. The van der Waals surface area contributed by atoms with E-state index in [1.54, 1.807) is 12.0 Å². The number of benzene rings is 3. The topological polar surface area (TPSA) is 149 Å². The van der Waals surface area contributed by atoms with Crippen LogP contribution in [0.3, 0.4) is 0 Å². The number of anilines is 3. The number of methoxy groups -OCH3 is 1. The maximum Gasteiger partial charge on any atom is 0.328 e. The van der Waals surface area contributed by atoms with E-state index in [0.29, 0.717) is 52.9 Å². The van der Waals surface area contributed by atoms with Crippen molar-refractivity contribution < 1.29 is 19.1 Å². The zero-order valence-corrected chi connectivity index (χ0v) is 33.0. The van der Waals surface area contributed by atoms with Gasteiger partial charge in [-0.05, 0) is 100 Å². The Morgan fingerprint density at radius 2 is 1.66 bits per heavy atom. The van der Waals surface area contributed by atoms with Gasteiger partial charge in [0.15, 0.2) is 0 Å². The third-order valence-corrected chi connectivity index (χ3v) is 13.2. The monoisotopic (exact) mass is 779 g/mol. The number of carbonyl (C=O) groups is 3. The lowest BCUT2D eigenvalue weighted by molar-refractivity contribution is -0.120. The van der Waals surface area contributed by atoms with Gasteiger partial charge in [0.1, 0.15) is 11.8 Å². The van der Waals surface area contributed by atoms with Crippen molar-refractivity contribution in [3.05, 3.63) is 84.3 Å². The molecule has 298 valence electrons. The second-order valence-corrected chi connectivity index (χ2v) is 16.6. The summed E-state index contributed by atoms with van der Waals surface area (Å²) in [5.41, 5.74) is 4.49. The van der Waals surface area contributed by atoms with E-state index in [9.17, 15) is 19.6 Å². The smallest absolute Gasteiger partial charge is 0.328 e. The lowest BCUT2D eigenvalue weighted by Crippen LogP contribution is -2.49. The lowest BCUT2D eigenvalue weighted by Gasteiger charge is -2.48. The molecule has 0 atom stereocenters. The number of imide groups is 1. The van der Waals surface area contributed by atoms with Crippen molar-refractivity contribution in [2.75, 3.05) is 61.5 Å². The maximum absolute atomic E-state index is 13.0. The van der Waals surface area contributed by atoms with Crippen LogP contribution >= 0.6 is 0 Å². The van der Waals surface area contributed by atoms with Gasteiger partial charge in [0.2, 0.25) is 5.91 Å². The van der Waals surface area contributed by atoms with Gasteiger partial charge in [0.25, 0.3) is 5.91 Å². The van der Waals surface area contributed by atoms with Crippen molar-refractivity contribution in [2.45, 2.75) is 63.8 Å². The number of piperidine rings is 2. The van der Waals surface area contributed by atoms with Crippen LogP contribution in [0.4, 0.5) is 21.9 Å². The third kappa shape index (κ3) is 7.44. The largest absolute Gasteiger partial charge is 0.494 e. The van der Waals surface area contributed by atoms with Crippen LogP contribution in [-0.2, 0) is 4.79 Å². The first-order valence-electron chi connectivity index (χ1n) is 20.6. The first-order valence-corrected chi connectivity index (χ1v) is 20.6. The van der Waals surface area contributed by atoms with E-state index in [0.717, 1.165) is 53.3 Å². The number of hydrogen-bond donors (Lipinski definition) is 2. The molecule has 3 saturated heterocycles. The van der Waals surface area contributed by atoms with Crippen LogP contribution in [0.25, 0.3) is 21.7 Å². The molecule has 3 aliphatic heterocycles. The number of ether oxygens (including phenoxy) is 1. The number of amides is 4. The number of urea groups is 1. The number of nitrogens with one attached hydrogen (secondary N) is 2. The van der Waals surface area contributed by atoms with Crippen molar-refractivity contribution >= 4 is 56.6 Å². The summed E-state index contributed by atoms with van der Waals surface area (Å²) in [6.07, 6.45) is 14.7. The molecule has 4 aliphatic rings. The molecule has 5 heterocycles. The quantitative estimate of drug-likeness (QED) is 0.166. The standard InChI is InChI=1S/C45H49N9O4/c1-58-41-24-37-33(23-38(41)48-43(56)32-22-31(25-46)26-47-27-32)29-54(50-37)34-10-8-30(9-11-34)28-51-18-13-45(14-19-51)15-20-52(21-16-45)39-6-2-5-36-35(39)4-3-7-40(36)53-17-12-42(55)49-44(53)57/h2-7,22-24,26-27,29-30,34H,8-21,28H2,1H3,(H,48,56)(H,49,55,57). The lowest BCUT2D eigenvalue weighted by atomic mass is 9.71. The number of aromatic nitrogens is 3. The van der Waals surface area contributed by atoms with E-state index in [-0.39, 0.29) is 17.8 Å². The summed E-state index contributed by atoms with van der Waals surface area (Å²) in [5.74, 6) is 0.644. The first kappa shape index (κ1) is 37.6. The molecule has 13 nitrogen and oxygen atoms in total. The molecule has 1 spiro atoms. The molecule has 58 heavy (non-hydrogen) atoms. The fraction of sp³-hybridized carbons (Fsp3) is 0.422. The molecule has 5 aromatic rings. The van der Waals surface area contributed by atoms with E-state index in [1.165, 1.54) is 82.3 Å². The Hall–Kier alpha value is -6.00. The number of pyridine rings is 1. The molecule has 13 heteroatoms. The van der Waals surface area contributed by atoms with Gasteiger partial charge in [0.05, 0.1) is 41.2 Å². The molecule has 0 radical (unpaired) electrons. The minimum absolute atomic E-state index is 0.219. The first-order chi connectivity index (χ1) is 28.3. The zero-order chi connectivity index (χ0) is 39.8. The van der Waals surface area contributed by atoms with E-state index in [4.69, 9.17) is 9.84 Å². The predicted molar refractivity (Wildman–Crippen MR) is 223 cm³/mol. The van der Waals surface area contributed by atoms with Gasteiger partial charge < -0.3 is 19.9 Å². The van der Waals surface area contributed by atoms with Crippen molar-refractivity contribution in [1.82, 2.24) is 25.0 Å². The fourth-order valence-corrected chi connectivity index (χ4v) is 9.82. The van der Waals surface area contributed by atoms with Crippen LogP contribution in [0.2, 0.25) is 0 Å². The van der Waals surface area contributed by atoms with Crippen LogP contribution in [-0.4, -0.2) is 83.9 Å². The molecule has 1 aliphatic carbocycles. The molecule has 2 aromatic heterocycles. The molecular formula is C45H49N9O4. The Morgan fingerprint density at radius 1 is 0.931 bits per heavy atom. The van der Waals surface area contributed by atoms with Gasteiger partial charge in [-0.15, -0.1) is 0 Å².